The predicted octanol–water partition coefficient (Wildman–Crippen LogP) is 6.38. The Kier molecular flexibility index (Phi) is 7.52. The van der Waals surface area contributed by atoms with Gasteiger partial charge in [0, 0.05) is 23.9 Å². The molecule has 2 atom stereocenters. The summed E-state index contributed by atoms with van der Waals surface area (Å²) >= 11 is 6.05. The van der Waals surface area contributed by atoms with Crippen LogP contribution in [0.25, 0.3) is 16.8 Å². The highest BCUT2D eigenvalue weighted by Gasteiger charge is 2.31. The minimum atomic E-state index is -0.259. The van der Waals surface area contributed by atoms with E-state index < -0.39 is 0 Å². The van der Waals surface area contributed by atoms with Crippen LogP contribution in [0.2, 0.25) is 5.02 Å². The van der Waals surface area contributed by atoms with Crippen LogP contribution in [0.1, 0.15) is 53.9 Å². The fourth-order valence-electron chi connectivity index (χ4n) is 6.18. The summed E-state index contributed by atoms with van der Waals surface area (Å²) in [6.45, 7) is 8.86. The Balaban J connectivity index is 1.07. The first-order valence-corrected chi connectivity index (χ1v) is 15.0. The van der Waals surface area contributed by atoms with E-state index in [-0.39, 0.29) is 12.2 Å². The minimum absolute atomic E-state index is 0.236. The quantitative estimate of drug-likeness (QED) is 0.222. The molecule has 0 spiro atoms. The molecule has 9 heteroatoms. The Morgan fingerprint density at radius 2 is 1.98 bits per heavy atom. The van der Waals surface area contributed by atoms with Crippen molar-refractivity contribution in [3.05, 3.63) is 89.0 Å². The van der Waals surface area contributed by atoms with Gasteiger partial charge in [-0.1, -0.05) is 30.3 Å². The Hall–Kier alpha value is -3.59. The number of aromatic nitrogens is 3. The van der Waals surface area contributed by atoms with Crippen molar-refractivity contribution in [1.29, 1.82) is 0 Å². The zero-order valence-electron chi connectivity index (χ0n) is 23.8. The van der Waals surface area contributed by atoms with Crippen molar-refractivity contribution in [2.75, 3.05) is 33.4 Å². The van der Waals surface area contributed by atoms with Crippen molar-refractivity contribution < 1.29 is 18.9 Å². The normalized spacial score (nSPS) is 20.8. The molecule has 0 saturated carbocycles. The van der Waals surface area contributed by atoms with Crippen molar-refractivity contribution in [2.24, 2.45) is 0 Å². The number of pyridine rings is 1. The molecule has 0 aliphatic carbocycles. The number of fused-ring (bicyclic) bond motifs is 2. The third-order valence-electron chi connectivity index (χ3n) is 8.71. The summed E-state index contributed by atoms with van der Waals surface area (Å²) in [4.78, 5) is 12.0. The lowest BCUT2D eigenvalue weighted by molar-refractivity contribution is -0.0592. The summed E-state index contributed by atoms with van der Waals surface area (Å²) in [6, 6.07) is 16.2. The molecule has 0 bridgehead atoms. The third-order valence-corrected chi connectivity index (χ3v) is 8.93. The Morgan fingerprint density at radius 1 is 1.12 bits per heavy atom. The van der Waals surface area contributed by atoms with E-state index in [2.05, 4.69) is 45.3 Å². The maximum absolute atomic E-state index is 6.52. The van der Waals surface area contributed by atoms with Crippen LogP contribution in [0.15, 0.2) is 61.3 Å². The number of likely N-dealkylation sites (tertiary alicyclic amines) is 1. The fraction of sp³-hybridized carbons (Fsp3) is 0.394. The number of nitrogens with zero attached hydrogens (tertiary/aromatic N) is 4. The average molecular weight is 587 g/mol. The summed E-state index contributed by atoms with van der Waals surface area (Å²) in [5, 5.41) is 0.608. The number of ether oxygens (including phenoxy) is 4. The molecule has 0 N–H and O–H groups in total. The molecule has 8 nitrogen and oxygen atoms in total. The van der Waals surface area contributed by atoms with Gasteiger partial charge < -0.3 is 23.5 Å². The van der Waals surface area contributed by atoms with E-state index in [4.69, 9.17) is 35.5 Å². The fourth-order valence-corrected chi connectivity index (χ4v) is 6.29. The first-order chi connectivity index (χ1) is 20.6. The number of piperidine rings is 1. The number of hydrogen-bond acceptors (Lipinski definition) is 7. The maximum atomic E-state index is 6.52. The van der Waals surface area contributed by atoms with Gasteiger partial charge in [-0.05, 0) is 74.7 Å². The van der Waals surface area contributed by atoms with Crippen LogP contribution >= 0.6 is 11.6 Å². The molecule has 42 heavy (non-hydrogen) atoms. The monoisotopic (exact) mass is 586 g/mol. The summed E-state index contributed by atoms with van der Waals surface area (Å²) in [7, 11) is 1.65. The van der Waals surface area contributed by atoms with Crippen molar-refractivity contribution in [2.45, 2.75) is 50.5 Å². The van der Waals surface area contributed by atoms with E-state index in [1.807, 2.05) is 24.3 Å². The lowest BCUT2D eigenvalue weighted by Crippen LogP contribution is -2.35. The minimum Gasteiger partial charge on any atom is -0.497 e. The molecule has 218 valence electrons. The van der Waals surface area contributed by atoms with Gasteiger partial charge in [0.15, 0.2) is 17.6 Å². The van der Waals surface area contributed by atoms with Crippen molar-refractivity contribution in [3.63, 3.8) is 0 Å². The highest BCUT2D eigenvalue weighted by molar-refractivity contribution is 6.30. The molecule has 2 fully saturated rings. The van der Waals surface area contributed by atoms with Crippen molar-refractivity contribution in [3.8, 4) is 11.5 Å². The van der Waals surface area contributed by atoms with Gasteiger partial charge in [-0.25, -0.2) is 4.98 Å². The topological polar surface area (TPSA) is 70.9 Å². The largest absolute Gasteiger partial charge is 0.497 e. The van der Waals surface area contributed by atoms with Crippen molar-refractivity contribution >= 4 is 28.4 Å². The van der Waals surface area contributed by atoms with E-state index in [0.717, 1.165) is 91.7 Å². The van der Waals surface area contributed by atoms with E-state index >= 15 is 0 Å². The highest BCUT2D eigenvalue weighted by Crippen LogP contribution is 2.44. The van der Waals surface area contributed by atoms with E-state index in [1.54, 1.807) is 13.3 Å². The van der Waals surface area contributed by atoms with Gasteiger partial charge in [0.25, 0.3) is 0 Å². The zero-order chi connectivity index (χ0) is 28.6. The first-order valence-electron chi connectivity index (χ1n) is 14.7. The molecule has 0 radical (unpaired) electrons. The standard InChI is InChI=1S/C33H35ClN4O4/c1-21(39-2)23-6-8-27-29(16-23)38(18-25-12-15-40-25)32(36-27)19-37-13-10-22(11-14-37)26-4-3-5-30-33(26)42-31(20-41-30)28-9-7-24(34)17-35-28/h3-9,16-17,22,25,31H,1,10-15,18-20H2,2H3/t25-,31?/m0/s1. The van der Waals surface area contributed by atoms with Gasteiger partial charge in [-0.2, -0.15) is 0 Å². The molecule has 5 heterocycles. The summed E-state index contributed by atoms with van der Waals surface area (Å²) < 4.78 is 26.2. The van der Waals surface area contributed by atoms with Gasteiger partial charge >= 0.3 is 0 Å². The van der Waals surface area contributed by atoms with E-state index in [0.29, 0.717) is 23.3 Å². The number of rotatable bonds is 8. The Labute approximate surface area is 250 Å². The zero-order valence-corrected chi connectivity index (χ0v) is 24.6. The SMILES string of the molecule is C=C(OC)c1ccc2nc(CN3CCC(c4cccc5c4OC(c4ccc(Cl)cn4)CO5)CC3)n(C[C@@H]3CCO3)c2c1. The molecular formula is C33H35ClN4O4. The smallest absolute Gasteiger partial charge is 0.174 e. The molecule has 3 aliphatic heterocycles. The molecule has 0 amide bonds. The van der Waals surface area contributed by atoms with E-state index in [1.165, 1.54) is 5.56 Å². The molecule has 2 aromatic carbocycles. The lowest BCUT2D eigenvalue weighted by atomic mass is 9.88. The number of para-hydroxylation sites is 1. The predicted molar refractivity (Wildman–Crippen MR) is 162 cm³/mol. The first kappa shape index (κ1) is 27.3. The van der Waals surface area contributed by atoms with E-state index in [9.17, 15) is 0 Å². The van der Waals surface area contributed by atoms with Crippen LogP contribution in [-0.4, -0.2) is 59.0 Å². The van der Waals surface area contributed by atoms with Crippen LogP contribution in [-0.2, 0) is 22.6 Å². The van der Waals surface area contributed by atoms with Gasteiger partial charge in [-0.15, -0.1) is 0 Å². The van der Waals surface area contributed by atoms with Crippen molar-refractivity contribution in [1.82, 2.24) is 19.4 Å². The van der Waals surface area contributed by atoms with Gasteiger partial charge in [0.05, 0.1) is 48.1 Å². The second-order valence-corrected chi connectivity index (χ2v) is 11.7. The van der Waals surface area contributed by atoms with Crippen LogP contribution in [0, 0.1) is 0 Å². The van der Waals surface area contributed by atoms with Crippen LogP contribution in [0.3, 0.4) is 0 Å². The Morgan fingerprint density at radius 3 is 2.71 bits per heavy atom. The molecule has 4 aromatic rings. The summed E-state index contributed by atoms with van der Waals surface area (Å²) in [5.74, 6) is 3.77. The molecule has 2 aromatic heterocycles. The number of halogens is 1. The summed E-state index contributed by atoms with van der Waals surface area (Å²) in [5.41, 5.74) is 5.10. The second-order valence-electron chi connectivity index (χ2n) is 11.3. The van der Waals surface area contributed by atoms with Crippen LogP contribution < -0.4 is 9.47 Å². The molecule has 2 saturated heterocycles. The third kappa shape index (κ3) is 5.35. The summed E-state index contributed by atoms with van der Waals surface area (Å²) in [6.07, 6.45) is 4.78. The van der Waals surface area contributed by atoms with Gasteiger partial charge in [0.2, 0.25) is 0 Å². The molecular weight excluding hydrogens is 552 g/mol. The van der Waals surface area contributed by atoms with Crippen LogP contribution in [0.5, 0.6) is 11.5 Å². The molecule has 7 rings (SSSR count). The van der Waals surface area contributed by atoms with Gasteiger partial charge in [0.1, 0.15) is 18.2 Å². The number of benzene rings is 2. The highest BCUT2D eigenvalue weighted by atomic mass is 35.5. The second kappa shape index (κ2) is 11.6. The number of methoxy groups -OCH3 is 1. The molecule has 1 unspecified atom stereocenters. The maximum Gasteiger partial charge on any atom is 0.174 e. The number of imidazole rings is 1. The molecule has 3 aliphatic rings. The number of hydrogen-bond donors (Lipinski definition) is 0. The Bertz CT molecular complexity index is 1590. The van der Waals surface area contributed by atoms with Crippen LogP contribution in [0.4, 0.5) is 0 Å². The lowest BCUT2D eigenvalue weighted by Gasteiger charge is -2.35. The van der Waals surface area contributed by atoms with Gasteiger partial charge in [-0.3, -0.25) is 9.88 Å². The average Bonchev–Trinajstić information content (AvgIpc) is 3.34.